The second-order valence-corrected chi connectivity index (χ2v) is 6.50. The first kappa shape index (κ1) is 19.3. The standard InChI is InChI=1S/C23H23N3O2/c1-2-3-11-22(27)25-20-14-12-18(13-15-20)23(28)26-24-16-19-9-6-8-17-7-4-5-10-21(17)19/h4-10,12-16H,2-3,11H2,1H3,(H,25,27)(H,26,28)/b24-16+. The number of unbranched alkanes of at least 4 members (excludes halogenated alkanes) is 1. The van der Waals surface area contributed by atoms with Gasteiger partial charge >= 0.3 is 0 Å². The molecule has 3 aromatic rings. The Hall–Kier alpha value is -3.47. The van der Waals surface area contributed by atoms with E-state index in [-0.39, 0.29) is 11.8 Å². The number of carbonyl (C=O) groups excluding carboxylic acids is 2. The number of benzene rings is 3. The molecule has 0 aliphatic rings. The highest BCUT2D eigenvalue weighted by molar-refractivity contribution is 6.01. The number of anilines is 1. The van der Waals surface area contributed by atoms with Crippen LogP contribution in [0.5, 0.6) is 0 Å². The smallest absolute Gasteiger partial charge is 0.271 e. The third-order valence-electron chi connectivity index (χ3n) is 4.38. The number of hydrazone groups is 1. The molecule has 0 bridgehead atoms. The molecule has 0 radical (unpaired) electrons. The van der Waals surface area contributed by atoms with Gasteiger partial charge in [0.2, 0.25) is 5.91 Å². The second kappa shape index (κ2) is 9.46. The summed E-state index contributed by atoms with van der Waals surface area (Å²) in [5.41, 5.74) is 4.63. The predicted octanol–water partition coefficient (Wildman–Crippen LogP) is 4.73. The maximum atomic E-state index is 12.3. The van der Waals surface area contributed by atoms with Gasteiger partial charge < -0.3 is 5.32 Å². The monoisotopic (exact) mass is 373 g/mol. The van der Waals surface area contributed by atoms with Crippen molar-refractivity contribution in [2.24, 2.45) is 5.10 Å². The topological polar surface area (TPSA) is 70.6 Å². The Balaban J connectivity index is 1.60. The summed E-state index contributed by atoms with van der Waals surface area (Å²) in [6.45, 7) is 2.05. The Morgan fingerprint density at radius 2 is 1.71 bits per heavy atom. The first-order valence-electron chi connectivity index (χ1n) is 9.38. The van der Waals surface area contributed by atoms with Gasteiger partial charge in [-0.2, -0.15) is 5.10 Å². The van der Waals surface area contributed by atoms with Gasteiger partial charge in [0.1, 0.15) is 0 Å². The lowest BCUT2D eigenvalue weighted by atomic mass is 10.1. The van der Waals surface area contributed by atoms with Crippen LogP contribution in [0, 0.1) is 0 Å². The van der Waals surface area contributed by atoms with Gasteiger partial charge in [0.05, 0.1) is 6.21 Å². The van der Waals surface area contributed by atoms with Crippen LogP contribution < -0.4 is 10.7 Å². The Bertz CT molecular complexity index is 989. The zero-order valence-electron chi connectivity index (χ0n) is 15.8. The Labute approximate surface area is 164 Å². The predicted molar refractivity (Wildman–Crippen MR) is 114 cm³/mol. The number of nitrogens with zero attached hydrogens (tertiary/aromatic N) is 1. The number of nitrogens with one attached hydrogen (secondary N) is 2. The van der Waals surface area contributed by atoms with Crippen molar-refractivity contribution in [3.63, 3.8) is 0 Å². The fourth-order valence-corrected chi connectivity index (χ4v) is 2.85. The minimum Gasteiger partial charge on any atom is -0.326 e. The molecule has 5 heteroatoms. The third-order valence-corrected chi connectivity index (χ3v) is 4.38. The first-order valence-corrected chi connectivity index (χ1v) is 9.38. The lowest BCUT2D eigenvalue weighted by molar-refractivity contribution is -0.116. The summed E-state index contributed by atoms with van der Waals surface area (Å²) in [5, 5.41) is 9.10. The highest BCUT2D eigenvalue weighted by atomic mass is 16.2. The Morgan fingerprint density at radius 3 is 2.50 bits per heavy atom. The molecule has 3 aromatic carbocycles. The van der Waals surface area contributed by atoms with Gasteiger partial charge in [0.25, 0.3) is 5.91 Å². The van der Waals surface area contributed by atoms with Crippen LogP contribution in [0.1, 0.15) is 42.1 Å². The number of rotatable bonds is 7. The van der Waals surface area contributed by atoms with Gasteiger partial charge in [-0.25, -0.2) is 5.43 Å². The maximum absolute atomic E-state index is 12.3. The van der Waals surface area contributed by atoms with E-state index in [9.17, 15) is 9.59 Å². The molecule has 142 valence electrons. The van der Waals surface area contributed by atoms with Crippen LogP contribution in [-0.4, -0.2) is 18.0 Å². The summed E-state index contributed by atoms with van der Waals surface area (Å²) in [5.74, 6) is -0.320. The molecule has 0 atom stereocenters. The summed E-state index contributed by atoms with van der Waals surface area (Å²) >= 11 is 0. The minimum absolute atomic E-state index is 0.0151. The third kappa shape index (κ3) is 5.04. The average molecular weight is 373 g/mol. The van der Waals surface area contributed by atoms with E-state index in [1.807, 2.05) is 49.4 Å². The fraction of sp³-hybridized carbons (Fsp3) is 0.174. The highest BCUT2D eigenvalue weighted by Gasteiger charge is 2.06. The lowest BCUT2D eigenvalue weighted by Crippen LogP contribution is -2.17. The van der Waals surface area contributed by atoms with Crippen molar-refractivity contribution in [3.8, 4) is 0 Å². The van der Waals surface area contributed by atoms with Crippen LogP contribution in [0.4, 0.5) is 5.69 Å². The molecule has 0 saturated heterocycles. The molecule has 3 rings (SSSR count). The van der Waals surface area contributed by atoms with Gasteiger partial charge in [0, 0.05) is 23.2 Å². The molecule has 0 spiro atoms. The van der Waals surface area contributed by atoms with Crippen LogP contribution in [0.25, 0.3) is 10.8 Å². The molecule has 0 aliphatic heterocycles. The van der Waals surface area contributed by atoms with Crippen LogP contribution in [0.2, 0.25) is 0 Å². The van der Waals surface area contributed by atoms with Gasteiger partial charge in [-0.15, -0.1) is 0 Å². The Kier molecular flexibility index (Phi) is 6.52. The van der Waals surface area contributed by atoms with Crippen molar-refractivity contribution >= 4 is 34.5 Å². The number of amides is 2. The normalized spacial score (nSPS) is 10.9. The van der Waals surface area contributed by atoms with Crippen molar-refractivity contribution in [3.05, 3.63) is 77.9 Å². The van der Waals surface area contributed by atoms with Crippen molar-refractivity contribution in [1.29, 1.82) is 0 Å². The molecule has 2 amide bonds. The molecule has 0 aromatic heterocycles. The van der Waals surface area contributed by atoms with Crippen LogP contribution in [0.15, 0.2) is 71.8 Å². The van der Waals surface area contributed by atoms with E-state index < -0.39 is 0 Å². The van der Waals surface area contributed by atoms with E-state index in [1.165, 1.54) is 0 Å². The Morgan fingerprint density at radius 1 is 0.964 bits per heavy atom. The van der Waals surface area contributed by atoms with Crippen molar-refractivity contribution in [1.82, 2.24) is 5.43 Å². The van der Waals surface area contributed by atoms with Gasteiger partial charge in [-0.05, 0) is 41.5 Å². The maximum Gasteiger partial charge on any atom is 0.271 e. The van der Waals surface area contributed by atoms with E-state index in [1.54, 1.807) is 30.5 Å². The lowest BCUT2D eigenvalue weighted by Gasteiger charge is -2.06. The number of hydrogen-bond donors (Lipinski definition) is 2. The summed E-state index contributed by atoms with van der Waals surface area (Å²) in [7, 11) is 0. The SMILES string of the molecule is CCCCC(=O)Nc1ccc(C(=O)N/N=C/c2cccc3ccccc23)cc1. The van der Waals surface area contributed by atoms with Gasteiger partial charge in [-0.3, -0.25) is 9.59 Å². The molecule has 0 aliphatic carbocycles. The van der Waals surface area contributed by atoms with Crippen molar-refractivity contribution in [2.75, 3.05) is 5.32 Å². The zero-order chi connectivity index (χ0) is 19.8. The summed E-state index contributed by atoms with van der Waals surface area (Å²) in [4.78, 5) is 24.0. The van der Waals surface area contributed by atoms with Crippen LogP contribution >= 0.6 is 0 Å². The zero-order valence-corrected chi connectivity index (χ0v) is 15.8. The highest BCUT2D eigenvalue weighted by Crippen LogP contribution is 2.16. The molecule has 0 saturated carbocycles. The first-order chi connectivity index (χ1) is 13.7. The molecule has 0 unspecified atom stereocenters. The fourth-order valence-electron chi connectivity index (χ4n) is 2.85. The number of fused-ring (bicyclic) bond motifs is 1. The molecule has 0 fully saturated rings. The van der Waals surface area contributed by atoms with E-state index in [4.69, 9.17) is 0 Å². The number of hydrogen-bond acceptors (Lipinski definition) is 3. The second-order valence-electron chi connectivity index (χ2n) is 6.50. The van der Waals surface area contributed by atoms with Crippen LogP contribution in [-0.2, 0) is 4.79 Å². The van der Waals surface area contributed by atoms with E-state index in [0.717, 1.165) is 29.2 Å². The van der Waals surface area contributed by atoms with E-state index >= 15 is 0 Å². The molecule has 5 nitrogen and oxygen atoms in total. The molecule has 28 heavy (non-hydrogen) atoms. The summed E-state index contributed by atoms with van der Waals surface area (Å²) in [6.07, 6.45) is 3.98. The quantitative estimate of drug-likeness (QED) is 0.464. The largest absolute Gasteiger partial charge is 0.326 e. The van der Waals surface area contributed by atoms with Gasteiger partial charge in [0.15, 0.2) is 0 Å². The molecule has 0 heterocycles. The van der Waals surface area contributed by atoms with Crippen molar-refractivity contribution in [2.45, 2.75) is 26.2 Å². The average Bonchev–Trinajstić information content (AvgIpc) is 2.73. The number of carbonyl (C=O) groups is 2. The molecule has 2 N–H and O–H groups in total. The van der Waals surface area contributed by atoms with E-state index in [0.29, 0.717) is 17.7 Å². The molecular weight excluding hydrogens is 350 g/mol. The molecular formula is C23H23N3O2. The van der Waals surface area contributed by atoms with E-state index in [2.05, 4.69) is 15.8 Å². The minimum atomic E-state index is -0.305. The summed E-state index contributed by atoms with van der Waals surface area (Å²) in [6, 6.07) is 20.7. The van der Waals surface area contributed by atoms with Crippen LogP contribution in [0.3, 0.4) is 0 Å². The van der Waals surface area contributed by atoms with Gasteiger partial charge in [-0.1, -0.05) is 55.8 Å². The summed E-state index contributed by atoms with van der Waals surface area (Å²) < 4.78 is 0. The van der Waals surface area contributed by atoms with Crippen molar-refractivity contribution < 1.29 is 9.59 Å².